The zero-order valence-corrected chi connectivity index (χ0v) is 20.1. The molecule has 180 valence electrons. The van der Waals surface area contributed by atoms with Crippen LogP contribution in [0, 0.1) is 6.92 Å². The van der Waals surface area contributed by atoms with Crippen LogP contribution in [0.15, 0.2) is 71.8 Å². The first-order valence-electron chi connectivity index (χ1n) is 12.0. The Hall–Kier alpha value is -3.71. The second-order valence-electron chi connectivity index (χ2n) is 8.88. The van der Waals surface area contributed by atoms with Crippen molar-refractivity contribution in [3.05, 3.63) is 83.1 Å². The maximum Gasteiger partial charge on any atom is 0.344 e. The highest BCUT2D eigenvalue weighted by molar-refractivity contribution is 6.00. The van der Waals surface area contributed by atoms with Crippen LogP contribution >= 0.6 is 0 Å². The summed E-state index contributed by atoms with van der Waals surface area (Å²) in [5.74, 6) is -0.530. The molecule has 35 heavy (non-hydrogen) atoms. The minimum Gasteiger partial charge on any atom is -0.434 e. The van der Waals surface area contributed by atoms with Crippen molar-refractivity contribution < 1.29 is 19.1 Å². The van der Waals surface area contributed by atoms with E-state index in [0.29, 0.717) is 30.1 Å². The number of amides is 1. The summed E-state index contributed by atoms with van der Waals surface area (Å²) in [4.78, 5) is 28.6. The third-order valence-electron chi connectivity index (χ3n) is 6.73. The third kappa shape index (κ3) is 4.28. The van der Waals surface area contributed by atoms with Gasteiger partial charge in [-0.3, -0.25) is 9.69 Å². The van der Waals surface area contributed by atoms with Gasteiger partial charge in [-0.2, -0.15) is 5.10 Å². The molecular formula is C28H29N3O4. The maximum atomic E-state index is 13.8. The van der Waals surface area contributed by atoms with E-state index in [1.165, 1.54) is 0 Å². The fraction of sp³-hybridized carbons (Fsp3) is 0.321. The molecule has 0 fully saturated rings. The highest BCUT2D eigenvalue weighted by Crippen LogP contribution is 2.38. The quantitative estimate of drug-likeness (QED) is 0.468. The Balaban J connectivity index is 1.55. The molecule has 0 spiro atoms. The molecule has 2 heterocycles. The van der Waals surface area contributed by atoms with E-state index in [4.69, 9.17) is 14.6 Å². The Kier molecular flexibility index (Phi) is 6.51. The van der Waals surface area contributed by atoms with Gasteiger partial charge in [0.25, 0.3) is 5.91 Å². The minimum absolute atomic E-state index is 0.0467. The summed E-state index contributed by atoms with van der Waals surface area (Å²) in [5.41, 5.74) is 5.06. The second-order valence-corrected chi connectivity index (χ2v) is 8.88. The number of aromatic nitrogens is 2. The molecule has 5 rings (SSSR count). The van der Waals surface area contributed by atoms with Crippen molar-refractivity contribution in [3.63, 3.8) is 0 Å². The zero-order chi connectivity index (χ0) is 24.4. The molecule has 1 aromatic heterocycles. The minimum atomic E-state index is -0.705. The van der Waals surface area contributed by atoms with Crippen LogP contribution in [0.5, 0.6) is 0 Å². The van der Waals surface area contributed by atoms with Gasteiger partial charge in [-0.1, -0.05) is 48.5 Å². The smallest absolute Gasteiger partial charge is 0.344 e. The number of hydrogen-bond acceptors (Lipinski definition) is 5. The van der Waals surface area contributed by atoms with Crippen LogP contribution in [-0.4, -0.2) is 53.0 Å². The molecular weight excluding hydrogens is 442 g/mol. The average Bonchev–Trinajstić information content (AvgIpc) is 3.38. The molecule has 0 radical (unpaired) electrons. The van der Waals surface area contributed by atoms with Gasteiger partial charge in [-0.15, -0.1) is 0 Å². The van der Waals surface area contributed by atoms with Gasteiger partial charge in [0.2, 0.25) is 6.23 Å². The standard InChI is InChI=1S/C28H29N3O4/c1-19-24(25(20-11-5-3-6-12-20)29-31(19)21-13-7-4-8-14-21)28(33)35-27-23-16-10-9-15-22(23)26(32)30(27)17-18-34-2/h3-8,11-14,27H,9-10,15-18H2,1-2H3/t27-/m0/s1. The van der Waals surface area contributed by atoms with Crippen LogP contribution in [0.3, 0.4) is 0 Å². The Labute approximate surface area is 205 Å². The Morgan fingerprint density at radius 3 is 2.43 bits per heavy atom. The SMILES string of the molecule is COCCN1C(=O)C2=C(CCCC2)[C@@H]1OC(=O)c1c(-c2ccccc2)nn(-c2ccccc2)c1C. The van der Waals surface area contributed by atoms with Crippen LogP contribution in [0.25, 0.3) is 16.9 Å². The molecule has 2 aliphatic rings. The molecule has 7 nitrogen and oxygen atoms in total. The van der Waals surface area contributed by atoms with Crippen molar-refractivity contribution in [3.8, 4) is 16.9 Å². The van der Waals surface area contributed by atoms with Crippen molar-refractivity contribution in [2.24, 2.45) is 0 Å². The zero-order valence-electron chi connectivity index (χ0n) is 20.1. The monoisotopic (exact) mass is 471 g/mol. The van der Waals surface area contributed by atoms with E-state index in [-0.39, 0.29) is 5.91 Å². The molecule has 1 atom stereocenters. The van der Waals surface area contributed by atoms with Crippen molar-refractivity contribution in [1.29, 1.82) is 0 Å². The number of methoxy groups -OCH3 is 1. The molecule has 2 aromatic carbocycles. The lowest BCUT2D eigenvalue weighted by atomic mass is 9.93. The van der Waals surface area contributed by atoms with Gasteiger partial charge < -0.3 is 9.47 Å². The van der Waals surface area contributed by atoms with Crippen LogP contribution in [0.2, 0.25) is 0 Å². The van der Waals surface area contributed by atoms with E-state index in [1.807, 2.05) is 67.6 Å². The molecule has 3 aromatic rings. The Morgan fingerprint density at radius 2 is 1.71 bits per heavy atom. The molecule has 1 aliphatic heterocycles. The van der Waals surface area contributed by atoms with E-state index in [2.05, 4.69) is 0 Å². The highest BCUT2D eigenvalue weighted by Gasteiger charge is 2.42. The van der Waals surface area contributed by atoms with Crippen molar-refractivity contribution >= 4 is 11.9 Å². The predicted octanol–water partition coefficient (Wildman–Crippen LogP) is 4.69. The molecule has 0 bridgehead atoms. The van der Waals surface area contributed by atoms with Gasteiger partial charge in [0.05, 0.1) is 18.0 Å². The number of rotatable bonds is 7. The van der Waals surface area contributed by atoms with Crippen molar-refractivity contribution in [2.45, 2.75) is 38.8 Å². The fourth-order valence-electron chi connectivity index (χ4n) is 4.98. The molecule has 0 unspecified atom stereocenters. The van der Waals surface area contributed by atoms with Crippen LogP contribution < -0.4 is 0 Å². The number of esters is 1. The van der Waals surface area contributed by atoms with Gasteiger partial charge in [0.15, 0.2) is 0 Å². The number of nitrogens with zero attached hydrogens (tertiary/aromatic N) is 3. The predicted molar refractivity (Wildman–Crippen MR) is 132 cm³/mol. The molecule has 0 saturated carbocycles. The van der Waals surface area contributed by atoms with Gasteiger partial charge in [-0.25, -0.2) is 9.48 Å². The summed E-state index contributed by atoms with van der Waals surface area (Å²) in [7, 11) is 1.60. The first-order valence-corrected chi connectivity index (χ1v) is 12.0. The number of carbonyl (C=O) groups excluding carboxylic acids is 2. The Bertz CT molecular complexity index is 1260. The summed E-state index contributed by atoms with van der Waals surface area (Å²) >= 11 is 0. The van der Waals surface area contributed by atoms with Gasteiger partial charge in [0.1, 0.15) is 11.3 Å². The van der Waals surface area contributed by atoms with E-state index < -0.39 is 12.2 Å². The van der Waals surface area contributed by atoms with E-state index >= 15 is 0 Å². The summed E-state index contributed by atoms with van der Waals surface area (Å²) in [6.45, 7) is 2.62. The van der Waals surface area contributed by atoms with E-state index in [9.17, 15) is 9.59 Å². The summed E-state index contributed by atoms with van der Waals surface area (Å²) in [5, 5.41) is 4.81. The van der Waals surface area contributed by atoms with E-state index in [0.717, 1.165) is 48.1 Å². The molecule has 1 aliphatic carbocycles. The van der Waals surface area contributed by atoms with Gasteiger partial charge in [-0.05, 0) is 50.3 Å². The second kappa shape index (κ2) is 9.88. The van der Waals surface area contributed by atoms with Crippen LogP contribution in [-0.2, 0) is 14.3 Å². The summed E-state index contributed by atoms with van der Waals surface area (Å²) < 4.78 is 13.1. The molecule has 1 amide bonds. The molecule has 0 N–H and O–H groups in total. The number of carbonyl (C=O) groups is 2. The van der Waals surface area contributed by atoms with Crippen molar-refractivity contribution in [2.75, 3.05) is 20.3 Å². The van der Waals surface area contributed by atoms with Crippen LogP contribution in [0.1, 0.15) is 41.7 Å². The number of benzene rings is 2. The van der Waals surface area contributed by atoms with E-state index in [1.54, 1.807) is 16.7 Å². The Morgan fingerprint density at radius 1 is 1.03 bits per heavy atom. The lowest BCUT2D eigenvalue weighted by Gasteiger charge is -2.27. The average molecular weight is 472 g/mol. The van der Waals surface area contributed by atoms with Gasteiger partial charge >= 0.3 is 5.97 Å². The first kappa shape index (κ1) is 23.1. The summed E-state index contributed by atoms with van der Waals surface area (Å²) in [6, 6.07) is 19.3. The first-order chi connectivity index (χ1) is 17.1. The highest BCUT2D eigenvalue weighted by atomic mass is 16.6. The summed E-state index contributed by atoms with van der Waals surface area (Å²) in [6.07, 6.45) is 2.74. The fourth-order valence-corrected chi connectivity index (χ4v) is 4.98. The molecule has 7 heteroatoms. The van der Waals surface area contributed by atoms with Crippen molar-refractivity contribution in [1.82, 2.24) is 14.7 Å². The number of para-hydroxylation sites is 1. The normalized spacial score (nSPS) is 17.6. The lowest BCUT2D eigenvalue weighted by molar-refractivity contribution is -0.133. The lowest BCUT2D eigenvalue weighted by Crippen LogP contribution is -2.41. The van der Waals surface area contributed by atoms with Crippen LogP contribution in [0.4, 0.5) is 0 Å². The number of hydrogen-bond donors (Lipinski definition) is 0. The topological polar surface area (TPSA) is 73.7 Å². The molecule has 0 saturated heterocycles. The number of ether oxygens (including phenoxy) is 2. The third-order valence-corrected chi connectivity index (χ3v) is 6.73. The largest absolute Gasteiger partial charge is 0.434 e. The maximum absolute atomic E-state index is 13.8. The van der Waals surface area contributed by atoms with Gasteiger partial charge in [0, 0.05) is 24.8 Å².